The number of benzene rings is 1. The van der Waals surface area contributed by atoms with Crippen molar-refractivity contribution in [1.82, 2.24) is 14.7 Å². The highest BCUT2D eigenvalue weighted by Crippen LogP contribution is 2.31. The Balaban J connectivity index is 2.00. The fraction of sp³-hybridized carbons (Fsp3) is 0.500. The quantitative estimate of drug-likeness (QED) is 0.439. The number of nitrogens with zero attached hydrogens (tertiary/aromatic N) is 3. The molecule has 0 aliphatic carbocycles. The molecule has 0 unspecified atom stereocenters. The topological polar surface area (TPSA) is 174 Å². The number of primary amides is 1. The van der Waals surface area contributed by atoms with Crippen molar-refractivity contribution in [2.45, 2.75) is 51.0 Å². The third-order valence-corrected chi connectivity index (χ3v) is 7.20. The van der Waals surface area contributed by atoms with Crippen LogP contribution < -0.4 is 15.8 Å². The van der Waals surface area contributed by atoms with Gasteiger partial charge in [-0.1, -0.05) is 20.8 Å². The van der Waals surface area contributed by atoms with Crippen LogP contribution in [0, 0.1) is 5.92 Å². The van der Waals surface area contributed by atoms with Gasteiger partial charge in [0.25, 0.3) is 11.8 Å². The molecule has 0 bridgehead atoms. The van der Waals surface area contributed by atoms with Gasteiger partial charge in [0.2, 0.25) is 0 Å². The molecule has 1 aromatic heterocycles. The van der Waals surface area contributed by atoms with Crippen LogP contribution in [0.2, 0.25) is 0 Å². The molecule has 4 N–H and O–H groups in total. The predicted octanol–water partition coefficient (Wildman–Crippen LogP) is 2.55. The van der Waals surface area contributed by atoms with Crippen LogP contribution in [-0.2, 0) is 16.3 Å². The molecule has 3 amide bonds. The number of anilines is 1. The van der Waals surface area contributed by atoms with Crippen LogP contribution in [0.4, 0.5) is 10.5 Å². The van der Waals surface area contributed by atoms with Gasteiger partial charge in [0.05, 0.1) is 34.5 Å². The van der Waals surface area contributed by atoms with Gasteiger partial charge in [0, 0.05) is 19.3 Å². The molecule has 0 radical (unpaired) electrons. The Hall–Kier alpha value is -3.61. The molecule has 3 rings (SSSR count). The van der Waals surface area contributed by atoms with Gasteiger partial charge in [-0.15, -0.1) is 0 Å². The number of carbonyl (C=O) groups excluding carboxylic acids is 2. The first-order valence-electron chi connectivity index (χ1n) is 12.0. The molecular formula is C24H33N5O7S. The summed E-state index contributed by atoms with van der Waals surface area (Å²) in [7, 11) is -3.61. The standard InChI is InChI=1S/C24H33N5O7S/c1-5-18-20(21(22(25)30)27-29(18)15-8-10-28(11-9-15)24(32)33)26-23(31)17-12-16(37(4,34)35)6-7-19(17)36-13-14(2)3/h6-7,12,14-15H,5,8-11,13H2,1-4H3,(H2,25,30)(H,26,31)(H,32,33). The highest BCUT2D eigenvalue weighted by molar-refractivity contribution is 7.90. The first kappa shape index (κ1) is 28.0. The van der Waals surface area contributed by atoms with Crippen LogP contribution in [0.3, 0.4) is 0 Å². The Morgan fingerprint density at radius 3 is 2.41 bits per heavy atom. The molecule has 12 nitrogen and oxygen atoms in total. The number of hydrogen-bond acceptors (Lipinski definition) is 7. The number of ether oxygens (including phenoxy) is 1. The molecule has 0 saturated carbocycles. The maximum atomic E-state index is 13.5. The number of aromatic nitrogens is 2. The van der Waals surface area contributed by atoms with Crippen molar-refractivity contribution in [2.24, 2.45) is 11.7 Å². The molecule has 1 aliphatic rings. The fourth-order valence-corrected chi connectivity index (χ4v) is 4.84. The molecule has 1 saturated heterocycles. The number of nitrogens with two attached hydrogens (primary N) is 1. The highest BCUT2D eigenvalue weighted by atomic mass is 32.2. The fourth-order valence-electron chi connectivity index (χ4n) is 4.20. The third kappa shape index (κ3) is 6.40. The van der Waals surface area contributed by atoms with Crippen molar-refractivity contribution in [3.05, 3.63) is 35.2 Å². The molecule has 1 aromatic carbocycles. The molecule has 1 fully saturated rings. The van der Waals surface area contributed by atoms with Crippen LogP contribution in [0.15, 0.2) is 23.1 Å². The molecule has 37 heavy (non-hydrogen) atoms. The van der Waals surface area contributed by atoms with E-state index in [1.54, 1.807) is 4.68 Å². The molecular weight excluding hydrogens is 502 g/mol. The zero-order valence-corrected chi connectivity index (χ0v) is 22.2. The van der Waals surface area contributed by atoms with Gasteiger partial charge >= 0.3 is 6.09 Å². The van der Waals surface area contributed by atoms with Gasteiger partial charge in [-0.05, 0) is 43.4 Å². The van der Waals surface area contributed by atoms with Gasteiger partial charge in [-0.3, -0.25) is 14.3 Å². The number of carbonyl (C=O) groups is 3. The third-order valence-electron chi connectivity index (χ3n) is 6.09. The van der Waals surface area contributed by atoms with Crippen LogP contribution >= 0.6 is 0 Å². The predicted molar refractivity (Wildman–Crippen MR) is 136 cm³/mol. The van der Waals surface area contributed by atoms with E-state index in [-0.39, 0.29) is 39.5 Å². The molecule has 2 heterocycles. The summed E-state index contributed by atoms with van der Waals surface area (Å²) < 4.78 is 31.7. The van der Waals surface area contributed by atoms with Crippen molar-refractivity contribution in [3.8, 4) is 5.75 Å². The minimum atomic E-state index is -3.61. The number of rotatable bonds is 9. The average molecular weight is 536 g/mol. The summed E-state index contributed by atoms with van der Waals surface area (Å²) in [6.45, 7) is 6.64. The van der Waals surface area contributed by atoms with E-state index >= 15 is 0 Å². The summed E-state index contributed by atoms with van der Waals surface area (Å²) in [5.41, 5.74) is 6.15. The molecule has 0 spiro atoms. The lowest BCUT2D eigenvalue weighted by Gasteiger charge is -2.31. The summed E-state index contributed by atoms with van der Waals surface area (Å²) in [6, 6.07) is 3.86. The number of likely N-dealkylation sites (tertiary alicyclic amines) is 1. The van der Waals surface area contributed by atoms with E-state index in [1.807, 2.05) is 20.8 Å². The molecule has 0 atom stereocenters. The minimum absolute atomic E-state index is 0.0106. The summed E-state index contributed by atoms with van der Waals surface area (Å²) in [6.07, 6.45) is 1.41. The van der Waals surface area contributed by atoms with Crippen LogP contribution in [0.1, 0.15) is 66.2 Å². The first-order chi connectivity index (χ1) is 17.3. The van der Waals surface area contributed by atoms with Crippen molar-refractivity contribution in [3.63, 3.8) is 0 Å². The smallest absolute Gasteiger partial charge is 0.407 e. The van der Waals surface area contributed by atoms with Gasteiger partial charge < -0.3 is 25.8 Å². The van der Waals surface area contributed by atoms with Gasteiger partial charge in [0.15, 0.2) is 15.5 Å². The lowest BCUT2D eigenvalue weighted by molar-refractivity contribution is 0.0994. The van der Waals surface area contributed by atoms with E-state index in [4.69, 9.17) is 10.5 Å². The van der Waals surface area contributed by atoms with Crippen molar-refractivity contribution in [1.29, 1.82) is 0 Å². The lowest BCUT2D eigenvalue weighted by Crippen LogP contribution is -2.38. The normalized spacial score (nSPS) is 14.6. The number of sulfone groups is 1. The molecule has 2 aromatic rings. The summed E-state index contributed by atoms with van der Waals surface area (Å²) in [5.74, 6) is -1.16. The molecule has 13 heteroatoms. The lowest BCUT2D eigenvalue weighted by atomic mass is 10.0. The van der Waals surface area contributed by atoms with Crippen LogP contribution in [0.25, 0.3) is 0 Å². The van der Waals surface area contributed by atoms with Gasteiger partial charge in [-0.25, -0.2) is 13.2 Å². The number of nitrogens with one attached hydrogen (secondary N) is 1. The molecule has 1 aliphatic heterocycles. The Morgan fingerprint density at radius 2 is 1.89 bits per heavy atom. The minimum Gasteiger partial charge on any atom is -0.492 e. The van der Waals surface area contributed by atoms with E-state index < -0.39 is 27.7 Å². The summed E-state index contributed by atoms with van der Waals surface area (Å²) in [4.78, 5) is 38.3. The zero-order chi connectivity index (χ0) is 27.5. The van der Waals surface area contributed by atoms with Gasteiger partial charge in [0.1, 0.15) is 5.75 Å². The number of hydrogen-bond donors (Lipinski definition) is 3. The Morgan fingerprint density at radius 1 is 1.24 bits per heavy atom. The Bertz CT molecular complexity index is 1290. The van der Waals surface area contributed by atoms with E-state index in [1.165, 1.54) is 23.1 Å². The van der Waals surface area contributed by atoms with Crippen LogP contribution in [-0.4, -0.2) is 72.1 Å². The first-order valence-corrected chi connectivity index (χ1v) is 13.9. The van der Waals surface area contributed by atoms with Crippen molar-refractivity contribution in [2.75, 3.05) is 31.3 Å². The number of amides is 3. The van der Waals surface area contributed by atoms with Crippen molar-refractivity contribution >= 4 is 33.4 Å². The van der Waals surface area contributed by atoms with E-state index in [0.29, 0.717) is 44.7 Å². The maximum absolute atomic E-state index is 13.5. The summed E-state index contributed by atoms with van der Waals surface area (Å²) >= 11 is 0. The van der Waals surface area contributed by atoms with E-state index in [9.17, 15) is 27.9 Å². The maximum Gasteiger partial charge on any atom is 0.407 e. The number of piperidine rings is 1. The second kappa shape index (κ2) is 11.2. The van der Waals surface area contributed by atoms with Crippen LogP contribution in [0.5, 0.6) is 5.75 Å². The van der Waals surface area contributed by atoms with Gasteiger partial charge in [-0.2, -0.15) is 5.10 Å². The Kier molecular flexibility index (Phi) is 8.46. The second-order valence-corrected chi connectivity index (χ2v) is 11.4. The zero-order valence-electron chi connectivity index (χ0n) is 21.4. The second-order valence-electron chi connectivity index (χ2n) is 9.42. The average Bonchev–Trinajstić information content (AvgIpc) is 3.20. The largest absolute Gasteiger partial charge is 0.492 e. The monoisotopic (exact) mass is 535 g/mol. The van der Waals surface area contributed by atoms with E-state index in [0.717, 1.165) is 6.26 Å². The van der Waals surface area contributed by atoms with E-state index in [2.05, 4.69) is 10.4 Å². The SMILES string of the molecule is CCc1c(NC(=O)c2cc(S(C)(=O)=O)ccc2OCC(C)C)c(C(N)=O)nn1C1CCN(C(=O)O)CC1. The Labute approximate surface area is 215 Å². The molecule has 202 valence electrons. The summed E-state index contributed by atoms with van der Waals surface area (Å²) in [5, 5.41) is 16.3. The number of carboxylic acid groups (broad SMARTS) is 1. The highest BCUT2D eigenvalue weighted by Gasteiger charge is 2.30. The van der Waals surface area contributed by atoms with Crippen molar-refractivity contribution < 1.29 is 32.6 Å².